The van der Waals surface area contributed by atoms with E-state index in [2.05, 4.69) is 26.2 Å². The number of rotatable bonds is 4. The van der Waals surface area contributed by atoms with Gasteiger partial charge < -0.3 is 9.88 Å². The molecule has 0 fully saturated rings. The van der Waals surface area contributed by atoms with Crippen molar-refractivity contribution >= 4 is 21.6 Å². The molecule has 0 saturated carbocycles. The standard InChI is InChI=1S/C16H13BrFN3/c17-13-6-5-12(9-14(13)18)10-20-15-3-1-2-4-16(15)21-8-7-19-11-21/h1-9,11,20H,10H2. The fraction of sp³-hybridized carbons (Fsp3) is 0.0625. The van der Waals surface area contributed by atoms with Gasteiger partial charge in [0.1, 0.15) is 5.82 Å². The normalized spacial score (nSPS) is 10.6. The molecule has 3 rings (SSSR count). The van der Waals surface area contributed by atoms with Crippen LogP contribution in [0.5, 0.6) is 0 Å². The number of nitrogens with zero attached hydrogens (tertiary/aromatic N) is 2. The van der Waals surface area contributed by atoms with Gasteiger partial charge in [-0.25, -0.2) is 9.37 Å². The molecule has 0 amide bonds. The fourth-order valence-corrected chi connectivity index (χ4v) is 2.34. The third-order valence-corrected chi connectivity index (χ3v) is 3.80. The Morgan fingerprint density at radius 3 is 2.81 bits per heavy atom. The zero-order valence-electron chi connectivity index (χ0n) is 11.1. The maximum Gasteiger partial charge on any atom is 0.137 e. The van der Waals surface area contributed by atoms with Gasteiger partial charge in [0.25, 0.3) is 0 Å². The first-order chi connectivity index (χ1) is 10.2. The van der Waals surface area contributed by atoms with Crippen molar-refractivity contribution in [2.45, 2.75) is 6.54 Å². The lowest BCUT2D eigenvalue weighted by Gasteiger charge is -2.12. The van der Waals surface area contributed by atoms with Crippen LogP contribution >= 0.6 is 15.9 Å². The second kappa shape index (κ2) is 6.10. The molecule has 0 unspecified atom stereocenters. The van der Waals surface area contributed by atoms with Crippen molar-refractivity contribution in [3.8, 4) is 5.69 Å². The molecule has 1 N–H and O–H groups in total. The van der Waals surface area contributed by atoms with Crippen LogP contribution in [0.4, 0.5) is 10.1 Å². The number of anilines is 1. The highest BCUT2D eigenvalue weighted by molar-refractivity contribution is 9.10. The average molecular weight is 346 g/mol. The molecule has 0 bridgehead atoms. The number of hydrogen-bond donors (Lipinski definition) is 1. The van der Waals surface area contributed by atoms with Crippen molar-refractivity contribution in [2.75, 3.05) is 5.32 Å². The highest BCUT2D eigenvalue weighted by Crippen LogP contribution is 2.21. The van der Waals surface area contributed by atoms with Crippen molar-refractivity contribution in [1.82, 2.24) is 9.55 Å². The predicted octanol–water partition coefficient (Wildman–Crippen LogP) is 4.39. The Bertz CT molecular complexity index is 741. The number of hydrogen-bond acceptors (Lipinski definition) is 2. The lowest BCUT2D eigenvalue weighted by atomic mass is 10.2. The maximum atomic E-state index is 13.5. The number of benzene rings is 2. The third-order valence-electron chi connectivity index (χ3n) is 3.15. The van der Waals surface area contributed by atoms with Crippen LogP contribution in [0.2, 0.25) is 0 Å². The van der Waals surface area contributed by atoms with Gasteiger partial charge in [-0.3, -0.25) is 0 Å². The average Bonchev–Trinajstić information content (AvgIpc) is 3.03. The van der Waals surface area contributed by atoms with Crippen LogP contribution in [0.3, 0.4) is 0 Å². The van der Waals surface area contributed by atoms with Gasteiger partial charge in [0.15, 0.2) is 0 Å². The Labute approximate surface area is 130 Å². The lowest BCUT2D eigenvalue weighted by Crippen LogP contribution is -2.04. The summed E-state index contributed by atoms with van der Waals surface area (Å²) in [6.07, 6.45) is 5.38. The van der Waals surface area contributed by atoms with Gasteiger partial charge in [-0.15, -0.1) is 0 Å². The first-order valence-electron chi connectivity index (χ1n) is 6.49. The minimum Gasteiger partial charge on any atom is -0.379 e. The second-order valence-electron chi connectivity index (χ2n) is 4.59. The van der Waals surface area contributed by atoms with Gasteiger partial charge in [0, 0.05) is 18.9 Å². The minimum atomic E-state index is -0.253. The Balaban J connectivity index is 1.81. The van der Waals surface area contributed by atoms with Gasteiger partial charge in [0.05, 0.1) is 22.2 Å². The molecular formula is C16H13BrFN3. The summed E-state index contributed by atoms with van der Waals surface area (Å²) < 4.78 is 15.9. The van der Waals surface area contributed by atoms with Crippen LogP contribution in [-0.2, 0) is 6.54 Å². The van der Waals surface area contributed by atoms with E-state index in [0.717, 1.165) is 16.9 Å². The monoisotopic (exact) mass is 345 g/mol. The molecule has 3 nitrogen and oxygen atoms in total. The van der Waals surface area contributed by atoms with Crippen molar-refractivity contribution in [2.24, 2.45) is 0 Å². The molecule has 1 aromatic heterocycles. The highest BCUT2D eigenvalue weighted by atomic mass is 79.9. The molecular weight excluding hydrogens is 333 g/mol. The van der Waals surface area contributed by atoms with Crippen LogP contribution in [0.15, 0.2) is 65.7 Å². The molecule has 2 aromatic carbocycles. The number of aromatic nitrogens is 2. The molecule has 3 aromatic rings. The van der Waals surface area contributed by atoms with E-state index >= 15 is 0 Å². The maximum absolute atomic E-state index is 13.5. The SMILES string of the molecule is Fc1cc(CNc2ccccc2-n2ccnc2)ccc1Br. The lowest BCUT2D eigenvalue weighted by molar-refractivity contribution is 0.619. The number of halogens is 2. The van der Waals surface area contributed by atoms with Gasteiger partial charge >= 0.3 is 0 Å². The Kier molecular flexibility index (Phi) is 4.01. The van der Waals surface area contributed by atoms with Crippen molar-refractivity contribution in [1.29, 1.82) is 0 Å². The van der Waals surface area contributed by atoms with Crippen LogP contribution in [0.25, 0.3) is 5.69 Å². The van der Waals surface area contributed by atoms with Crippen molar-refractivity contribution < 1.29 is 4.39 Å². The van der Waals surface area contributed by atoms with Gasteiger partial charge in [-0.2, -0.15) is 0 Å². The largest absolute Gasteiger partial charge is 0.379 e. The van der Waals surface area contributed by atoms with E-state index in [9.17, 15) is 4.39 Å². The number of para-hydroxylation sites is 2. The van der Waals surface area contributed by atoms with Crippen LogP contribution in [-0.4, -0.2) is 9.55 Å². The molecule has 0 atom stereocenters. The predicted molar refractivity (Wildman–Crippen MR) is 85.0 cm³/mol. The van der Waals surface area contributed by atoms with E-state index in [4.69, 9.17) is 0 Å². The van der Waals surface area contributed by atoms with Crippen LogP contribution in [0.1, 0.15) is 5.56 Å². The molecule has 5 heteroatoms. The minimum absolute atomic E-state index is 0.253. The van der Waals surface area contributed by atoms with Crippen molar-refractivity contribution in [3.63, 3.8) is 0 Å². The van der Waals surface area contributed by atoms with E-state index in [1.54, 1.807) is 18.6 Å². The number of nitrogens with one attached hydrogen (secondary N) is 1. The van der Waals surface area contributed by atoms with E-state index in [1.807, 2.05) is 41.1 Å². The third kappa shape index (κ3) is 3.13. The summed E-state index contributed by atoms with van der Waals surface area (Å²) in [5, 5.41) is 3.33. The quantitative estimate of drug-likeness (QED) is 0.760. The van der Waals surface area contributed by atoms with E-state index in [1.165, 1.54) is 6.07 Å². The van der Waals surface area contributed by atoms with Crippen LogP contribution < -0.4 is 5.32 Å². The molecule has 1 heterocycles. The fourth-order valence-electron chi connectivity index (χ4n) is 2.10. The summed E-state index contributed by atoms with van der Waals surface area (Å²) in [7, 11) is 0. The van der Waals surface area contributed by atoms with Gasteiger partial charge in [0.2, 0.25) is 0 Å². The topological polar surface area (TPSA) is 29.9 Å². The summed E-state index contributed by atoms with van der Waals surface area (Å²) in [6.45, 7) is 0.551. The molecule has 0 aliphatic rings. The molecule has 106 valence electrons. The molecule has 0 aliphatic carbocycles. The van der Waals surface area contributed by atoms with E-state index < -0.39 is 0 Å². The summed E-state index contributed by atoms with van der Waals surface area (Å²) >= 11 is 3.16. The first-order valence-corrected chi connectivity index (χ1v) is 7.28. The summed E-state index contributed by atoms with van der Waals surface area (Å²) in [4.78, 5) is 4.06. The molecule has 21 heavy (non-hydrogen) atoms. The molecule has 0 saturated heterocycles. The molecule has 0 spiro atoms. The summed E-state index contributed by atoms with van der Waals surface area (Å²) in [5.41, 5.74) is 2.86. The Hall–Kier alpha value is -2.14. The summed E-state index contributed by atoms with van der Waals surface area (Å²) in [5.74, 6) is -0.253. The van der Waals surface area contributed by atoms with Crippen LogP contribution in [0, 0.1) is 5.82 Å². The van der Waals surface area contributed by atoms with Crippen molar-refractivity contribution in [3.05, 3.63) is 77.0 Å². The van der Waals surface area contributed by atoms with E-state index in [0.29, 0.717) is 11.0 Å². The highest BCUT2D eigenvalue weighted by Gasteiger charge is 2.04. The smallest absolute Gasteiger partial charge is 0.137 e. The number of imidazole rings is 1. The summed E-state index contributed by atoms with van der Waals surface area (Å²) in [6, 6.07) is 13.1. The zero-order valence-corrected chi connectivity index (χ0v) is 12.7. The van der Waals surface area contributed by atoms with Gasteiger partial charge in [-0.05, 0) is 45.8 Å². The zero-order chi connectivity index (χ0) is 14.7. The Morgan fingerprint density at radius 2 is 2.05 bits per heavy atom. The first kappa shape index (κ1) is 13.8. The van der Waals surface area contributed by atoms with Gasteiger partial charge in [-0.1, -0.05) is 18.2 Å². The molecule has 0 aliphatic heterocycles. The van der Waals surface area contributed by atoms with E-state index in [-0.39, 0.29) is 5.82 Å². The second-order valence-corrected chi connectivity index (χ2v) is 5.44. The molecule has 0 radical (unpaired) electrons. The Morgan fingerprint density at radius 1 is 1.19 bits per heavy atom.